The zero-order chi connectivity index (χ0) is 12.8. The fourth-order valence-electron chi connectivity index (χ4n) is 1.51. The van der Waals surface area contributed by atoms with Gasteiger partial charge in [0.1, 0.15) is 12.6 Å². The summed E-state index contributed by atoms with van der Waals surface area (Å²) >= 11 is 0. The molecule has 1 aliphatic heterocycles. The van der Waals surface area contributed by atoms with Gasteiger partial charge in [-0.05, 0) is 13.3 Å². The number of hydrogen-bond acceptors (Lipinski definition) is 4. The van der Waals surface area contributed by atoms with Crippen molar-refractivity contribution in [1.29, 1.82) is 0 Å². The van der Waals surface area contributed by atoms with Gasteiger partial charge in [-0.25, -0.2) is 4.79 Å². The molecule has 0 bridgehead atoms. The standard InChI is InChI=1S/C11H19NO5/c1-8(11(14)15)12(2)10(13)7-17-6-9-3-4-16-5-9/h8-9H,3-7H2,1-2H3,(H,14,15). The maximum absolute atomic E-state index is 11.6. The Hall–Kier alpha value is -1.14. The van der Waals surface area contributed by atoms with Crippen molar-refractivity contribution in [3.05, 3.63) is 0 Å². The Morgan fingerprint density at radius 3 is 2.82 bits per heavy atom. The highest BCUT2D eigenvalue weighted by Gasteiger charge is 2.22. The van der Waals surface area contributed by atoms with Gasteiger partial charge in [0.05, 0.1) is 13.2 Å². The van der Waals surface area contributed by atoms with Gasteiger partial charge in [-0.1, -0.05) is 0 Å². The highest BCUT2D eigenvalue weighted by atomic mass is 16.5. The maximum Gasteiger partial charge on any atom is 0.326 e. The van der Waals surface area contributed by atoms with Crippen LogP contribution >= 0.6 is 0 Å². The van der Waals surface area contributed by atoms with Crippen molar-refractivity contribution in [2.24, 2.45) is 5.92 Å². The van der Waals surface area contributed by atoms with Gasteiger partial charge in [-0.3, -0.25) is 4.79 Å². The number of ether oxygens (including phenoxy) is 2. The third-order valence-electron chi connectivity index (χ3n) is 2.93. The quantitative estimate of drug-likeness (QED) is 0.711. The van der Waals surface area contributed by atoms with Gasteiger partial charge in [-0.2, -0.15) is 0 Å². The summed E-state index contributed by atoms with van der Waals surface area (Å²) in [5.74, 6) is -0.992. The van der Waals surface area contributed by atoms with E-state index < -0.39 is 12.0 Å². The molecule has 1 N–H and O–H groups in total. The zero-order valence-corrected chi connectivity index (χ0v) is 10.2. The zero-order valence-electron chi connectivity index (χ0n) is 10.2. The minimum absolute atomic E-state index is 0.0788. The van der Waals surface area contributed by atoms with Gasteiger partial charge in [0.25, 0.3) is 0 Å². The Morgan fingerprint density at radius 2 is 2.29 bits per heavy atom. The predicted octanol–water partition coefficient (Wildman–Crippen LogP) is -0.0290. The molecule has 17 heavy (non-hydrogen) atoms. The van der Waals surface area contributed by atoms with E-state index in [2.05, 4.69) is 0 Å². The number of carbonyl (C=O) groups excluding carboxylic acids is 1. The van der Waals surface area contributed by atoms with E-state index in [1.807, 2.05) is 0 Å². The van der Waals surface area contributed by atoms with Crippen LogP contribution in [0.4, 0.5) is 0 Å². The Kier molecular flexibility index (Phi) is 5.37. The Balaban J connectivity index is 2.21. The number of carbonyl (C=O) groups is 2. The normalized spacial score (nSPS) is 21.2. The molecule has 0 aliphatic carbocycles. The van der Waals surface area contributed by atoms with Crippen molar-refractivity contribution >= 4 is 11.9 Å². The molecule has 0 aromatic carbocycles. The third-order valence-corrected chi connectivity index (χ3v) is 2.93. The molecule has 0 aromatic rings. The number of carboxylic acid groups (broad SMARTS) is 1. The van der Waals surface area contributed by atoms with Crippen molar-refractivity contribution in [1.82, 2.24) is 4.90 Å². The third kappa shape index (κ3) is 4.32. The van der Waals surface area contributed by atoms with Crippen LogP contribution in [0.5, 0.6) is 0 Å². The smallest absolute Gasteiger partial charge is 0.326 e. The van der Waals surface area contributed by atoms with Crippen LogP contribution < -0.4 is 0 Å². The van der Waals surface area contributed by atoms with Crippen molar-refractivity contribution in [3.8, 4) is 0 Å². The SMILES string of the molecule is CC(C(=O)O)N(C)C(=O)COCC1CCOC1. The lowest BCUT2D eigenvalue weighted by molar-refractivity contribution is -0.150. The first-order chi connectivity index (χ1) is 8.02. The Bertz CT molecular complexity index is 275. The van der Waals surface area contributed by atoms with Crippen LogP contribution in [0.2, 0.25) is 0 Å². The van der Waals surface area contributed by atoms with Gasteiger partial charge in [0, 0.05) is 19.6 Å². The summed E-state index contributed by atoms with van der Waals surface area (Å²) in [7, 11) is 1.46. The summed E-state index contributed by atoms with van der Waals surface area (Å²) in [4.78, 5) is 23.4. The molecular weight excluding hydrogens is 226 g/mol. The number of likely N-dealkylation sites (N-methyl/N-ethyl adjacent to an activating group) is 1. The van der Waals surface area contributed by atoms with Crippen molar-refractivity contribution in [2.45, 2.75) is 19.4 Å². The van der Waals surface area contributed by atoms with Crippen LogP contribution in [0.25, 0.3) is 0 Å². The summed E-state index contributed by atoms with van der Waals surface area (Å²) in [5.41, 5.74) is 0. The lowest BCUT2D eigenvalue weighted by atomic mass is 10.1. The molecule has 1 saturated heterocycles. The number of rotatable bonds is 6. The minimum Gasteiger partial charge on any atom is -0.480 e. The number of carboxylic acids is 1. The molecule has 0 spiro atoms. The van der Waals surface area contributed by atoms with E-state index in [0.29, 0.717) is 19.1 Å². The summed E-state index contributed by atoms with van der Waals surface area (Å²) in [6.45, 7) is 3.30. The average Bonchev–Trinajstić information content (AvgIpc) is 2.79. The van der Waals surface area contributed by atoms with Crippen LogP contribution in [-0.2, 0) is 19.1 Å². The molecule has 1 amide bonds. The van der Waals surface area contributed by atoms with Gasteiger partial charge in [0.2, 0.25) is 5.91 Å². The summed E-state index contributed by atoms with van der Waals surface area (Å²) in [6, 6.07) is -0.832. The summed E-state index contributed by atoms with van der Waals surface area (Å²) in [6.07, 6.45) is 0.954. The number of hydrogen-bond donors (Lipinski definition) is 1. The molecule has 6 nitrogen and oxygen atoms in total. The maximum atomic E-state index is 11.6. The van der Waals surface area contributed by atoms with Crippen LogP contribution in [0.3, 0.4) is 0 Å². The summed E-state index contributed by atoms with van der Waals surface area (Å²) < 4.78 is 10.4. The molecule has 6 heteroatoms. The van der Waals surface area contributed by atoms with Crippen molar-refractivity contribution in [3.63, 3.8) is 0 Å². The minimum atomic E-state index is -1.02. The van der Waals surface area contributed by atoms with Crippen molar-refractivity contribution in [2.75, 3.05) is 33.5 Å². The fourth-order valence-corrected chi connectivity index (χ4v) is 1.51. The molecule has 2 atom stereocenters. The lowest BCUT2D eigenvalue weighted by Crippen LogP contribution is -2.42. The van der Waals surface area contributed by atoms with Crippen LogP contribution in [0.1, 0.15) is 13.3 Å². The first kappa shape index (κ1) is 13.9. The number of amides is 1. The molecule has 1 fully saturated rings. The second kappa shape index (κ2) is 6.56. The van der Waals surface area contributed by atoms with Gasteiger partial charge >= 0.3 is 5.97 Å². The molecule has 0 radical (unpaired) electrons. The Labute approximate surface area is 100 Å². The highest BCUT2D eigenvalue weighted by Crippen LogP contribution is 2.12. The molecule has 1 heterocycles. The van der Waals surface area contributed by atoms with E-state index in [9.17, 15) is 9.59 Å². The highest BCUT2D eigenvalue weighted by molar-refractivity contribution is 5.83. The first-order valence-electron chi connectivity index (χ1n) is 5.66. The predicted molar refractivity (Wildman–Crippen MR) is 59.6 cm³/mol. The van der Waals surface area contributed by atoms with E-state index in [0.717, 1.165) is 13.0 Å². The van der Waals surface area contributed by atoms with Crippen LogP contribution in [-0.4, -0.2) is 61.4 Å². The molecule has 0 saturated carbocycles. The van der Waals surface area contributed by atoms with Gasteiger partial charge < -0.3 is 19.5 Å². The largest absolute Gasteiger partial charge is 0.480 e. The molecule has 2 unspecified atom stereocenters. The fraction of sp³-hybridized carbons (Fsp3) is 0.818. The van der Waals surface area contributed by atoms with Crippen LogP contribution in [0, 0.1) is 5.92 Å². The average molecular weight is 245 g/mol. The number of nitrogens with zero attached hydrogens (tertiary/aromatic N) is 1. The molecule has 0 aromatic heterocycles. The van der Waals surface area contributed by atoms with E-state index in [-0.39, 0.29) is 12.5 Å². The van der Waals surface area contributed by atoms with E-state index in [4.69, 9.17) is 14.6 Å². The van der Waals surface area contributed by atoms with Gasteiger partial charge in [0.15, 0.2) is 0 Å². The monoisotopic (exact) mass is 245 g/mol. The second-order valence-corrected chi connectivity index (χ2v) is 4.26. The number of aliphatic carboxylic acids is 1. The van der Waals surface area contributed by atoms with E-state index >= 15 is 0 Å². The Morgan fingerprint density at radius 1 is 1.59 bits per heavy atom. The molecule has 1 aliphatic rings. The van der Waals surface area contributed by atoms with Gasteiger partial charge in [-0.15, -0.1) is 0 Å². The molecule has 1 rings (SSSR count). The molecular formula is C11H19NO5. The van der Waals surface area contributed by atoms with Crippen molar-refractivity contribution < 1.29 is 24.2 Å². The lowest BCUT2D eigenvalue weighted by Gasteiger charge is -2.21. The van der Waals surface area contributed by atoms with E-state index in [1.54, 1.807) is 0 Å². The second-order valence-electron chi connectivity index (χ2n) is 4.26. The first-order valence-corrected chi connectivity index (χ1v) is 5.66. The van der Waals surface area contributed by atoms with Crippen LogP contribution in [0.15, 0.2) is 0 Å². The summed E-state index contributed by atoms with van der Waals surface area (Å²) in [5, 5.41) is 8.75. The van der Waals surface area contributed by atoms with E-state index in [1.165, 1.54) is 18.9 Å². The topological polar surface area (TPSA) is 76.1 Å². The molecule has 98 valence electrons.